The molecule has 2 aromatic rings. The van der Waals surface area contributed by atoms with Crippen LogP contribution in [0.2, 0.25) is 0 Å². The fourth-order valence-corrected chi connectivity index (χ4v) is 3.71. The van der Waals surface area contributed by atoms with Crippen LogP contribution in [0.3, 0.4) is 0 Å². The molecule has 2 aromatic carbocycles. The average Bonchev–Trinajstić information content (AvgIpc) is 2.75. The standard InChI is InChI=1S/C23H27FN2O2/c1-2-17(18-6-4-3-5-7-18)16-25-22(27)19-12-14-26(15-13-19)23(28)20-8-10-21(24)11-9-20/h3-11,17,19H,2,12-16H2,1H3,(H,25,27). The summed E-state index contributed by atoms with van der Waals surface area (Å²) >= 11 is 0. The van der Waals surface area contributed by atoms with Crippen molar-refractivity contribution in [1.29, 1.82) is 0 Å². The number of amides is 2. The zero-order valence-electron chi connectivity index (χ0n) is 16.2. The number of hydrogen-bond donors (Lipinski definition) is 1. The summed E-state index contributed by atoms with van der Waals surface area (Å²) in [7, 11) is 0. The highest BCUT2D eigenvalue weighted by Gasteiger charge is 2.28. The molecule has 0 aromatic heterocycles. The van der Waals surface area contributed by atoms with Gasteiger partial charge >= 0.3 is 0 Å². The Morgan fingerprint density at radius 2 is 1.71 bits per heavy atom. The lowest BCUT2D eigenvalue weighted by Gasteiger charge is -2.31. The summed E-state index contributed by atoms with van der Waals surface area (Å²) in [5.41, 5.74) is 1.72. The first-order valence-corrected chi connectivity index (χ1v) is 9.96. The van der Waals surface area contributed by atoms with Gasteiger partial charge in [-0.1, -0.05) is 37.3 Å². The van der Waals surface area contributed by atoms with Gasteiger partial charge in [0.2, 0.25) is 5.91 Å². The van der Waals surface area contributed by atoms with Crippen LogP contribution in [-0.4, -0.2) is 36.3 Å². The van der Waals surface area contributed by atoms with E-state index in [1.54, 1.807) is 4.90 Å². The minimum Gasteiger partial charge on any atom is -0.355 e. The van der Waals surface area contributed by atoms with Crippen molar-refractivity contribution in [3.63, 3.8) is 0 Å². The highest BCUT2D eigenvalue weighted by atomic mass is 19.1. The van der Waals surface area contributed by atoms with Crippen LogP contribution in [0.25, 0.3) is 0 Å². The van der Waals surface area contributed by atoms with Crippen LogP contribution >= 0.6 is 0 Å². The highest BCUT2D eigenvalue weighted by Crippen LogP contribution is 2.21. The van der Waals surface area contributed by atoms with E-state index in [0.717, 1.165) is 6.42 Å². The fraction of sp³-hybridized carbons (Fsp3) is 0.391. The molecule has 1 saturated heterocycles. The lowest BCUT2D eigenvalue weighted by molar-refractivity contribution is -0.126. The third-order valence-corrected chi connectivity index (χ3v) is 5.53. The first kappa shape index (κ1) is 20.1. The van der Waals surface area contributed by atoms with Gasteiger partial charge in [0, 0.05) is 37.0 Å². The normalized spacial score (nSPS) is 15.9. The second kappa shape index (κ2) is 9.49. The Morgan fingerprint density at radius 3 is 2.32 bits per heavy atom. The van der Waals surface area contributed by atoms with E-state index in [1.165, 1.54) is 29.8 Å². The Labute approximate surface area is 165 Å². The maximum absolute atomic E-state index is 13.0. The van der Waals surface area contributed by atoms with Gasteiger partial charge in [0.05, 0.1) is 0 Å². The van der Waals surface area contributed by atoms with Crippen molar-refractivity contribution in [3.05, 3.63) is 71.5 Å². The van der Waals surface area contributed by atoms with E-state index in [-0.39, 0.29) is 23.5 Å². The topological polar surface area (TPSA) is 49.4 Å². The van der Waals surface area contributed by atoms with Gasteiger partial charge in [-0.15, -0.1) is 0 Å². The number of benzene rings is 2. The average molecular weight is 382 g/mol. The zero-order valence-corrected chi connectivity index (χ0v) is 16.2. The summed E-state index contributed by atoms with van der Waals surface area (Å²) in [6.07, 6.45) is 2.27. The molecule has 0 spiro atoms. The molecule has 28 heavy (non-hydrogen) atoms. The Kier molecular flexibility index (Phi) is 6.80. The van der Waals surface area contributed by atoms with Crippen LogP contribution in [0.4, 0.5) is 4.39 Å². The van der Waals surface area contributed by atoms with Gasteiger partial charge in [-0.25, -0.2) is 4.39 Å². The Hall–Kier alpha value is -2.69. The Morgan fingerprint density at radius 1 is 1.07 bits per heavy atom. The number of halogens is 1. The molecular weight excluding hydrogens is 355 g/mol. The number of nitrogens with one attached hydrogen (secondary N) is 1. The highest BCUT2D eigenvalue weighted by molar-refractivity contribution is 5.94. The summed E-state index contributed by atoms with van der Waals surface area (Å²) in [4.78, 5) is 26.8. The van der Waals surface area contributed by atoms with E-state index >= 15 is 0 Å². The monoisotopic (exact) mass is 382 g/mol. The quantitative estimate of drug-likeness (QED) is 0.821. The lowest BCUT2D eigenvalue weighted by Crippen LogP contribution is -2.43. The van der Waals surface area contributed by atoms with Crippen molar-refractivity contribution >= 4 is 11.8 Å². The number of rotatable bonds is 6. The number of carbonyl (C=O) groups is 2. The molecule has 3 rings (SSSR count). The van der Waals surface area contributed by atoms with E-state index in [9.17, 15) is 14.0 Å². The third kappa shape index (κ3) is 4.97. The molecule has 1 unspecified atom stereocenters. The molecule has 1 atom stereocenters. The predicted molar refractivity (Wildman–Crippen MR) is 108 cm³/mol. The van der Waals surface area contributed by atoms with Crippen LogP contribution in [0, 0.1) is 11.7 Å². The second-order valence-corrected chi connectivity index (χ2v) is 7.33. The minimum atomic E-state index is -0.354. The molecule has 0 saturated carbocycles. The fourth-order valence-electron chi connectivity index (χ4n) is 3.71. The van der Waals surface area contributed by atoms with Crippen LogP contribution in [0.15, 0.2) is 54.6 Å². The summed E-state index contributed by atoms with van der Waals surface area (Å²) in [6, 6.07) is 15.8. The van der Waals surface area contributed by atoms with Crippen molar-refractivity contribution in [2.24, 2.45) is 5.92 Å². The van der Waals surface area contributed by atoms with Crippen molar-refractivity contribution in [1.82, 2.24) is 10.2 Å². The number of likely N-dealkylation sites (tertiary alicyclic amines) is 1. The van der Waals surface area contributed by atoms with Crippen molar-refractivity contribution in [3.8, 4) is 0 Å². The largest absolute Gasteiger partial charge is 0.355 e. The van der Waals surface area contributed by atoms with Crippen LogP contribution < -0.4 is 5.32 Å². The van der Waals surface area contributed by atoms with Gasteiger partial charge in [-0.2, -0.15) is 0 Å². The summed E-state index contributed by atoms with van der Waals surface area (Å²) < 4.78 is 13.0. The molecule has 0 radical (unpaired) electrons. The van der Waals surface area contributed by atoms with E-state index < -0.39 is 0 Å². The second-order valence-electron chi connectivity index (χ2n) is 7.33. The molecule has 0 aliphatic carbocycles. The first-order chi connectivity index (χ1) is 13.6. The Bertz CT molecular complexity index is 784. The molecule has 0 bridgehead atoms. The van der Waals surface area contributed by atoms with Gasteiger partial charge in [-0.05, 0) is 49.1 Å². The zero-order chi connectivity index (χ0) is 19.9. The third-order valence-electron chi connectivity index (χ3n) is 5.53. The predicted octanol–water partition coefficient (Wildman–Crippen LogP) is 3.99. The van der Waals surface area contributed by atoms with Crippen molar-refractivity contribution in [2.75, 3.05) is 19.6 Å². The van der Waals surface area contributed by atoms with Crippen molar-refractivity contribution in [2.45, 2.75) is 32.1 Å². The van der Waals surface area contributed by atoms with E-state index in [4.69, 9.17) is 0 Å². The first-order valence-electron chi connectivity index (χ1n) is 9.96. The van der Waals surface area contributed by atoms with Gasteiger partial charge in [-0.3, -0.25) is 9.59 Å². The molecule has 1 heterocycles. The molecule has 148 valence electrons. The summed E-state index contributed by atoms with van der Waals surface area (Å²) in [6.45, 7) is 3.85. The molecule has 1 aliphatic rings. The van der Waals surface area contributed by atoms with E-state index in [2.05, 4.69) is 24.4 Å². The van der Waals surface area contributed by atoms with Crippen LogP contribution in [-0.2, 0) is 4.79 Å². The lowest BCUT2D eigenvalue weighted by atomic mass is 9.93. The van der Waals surface area contributed by atoms with Crippen molar-refractivity contribution < 1.29 is 14.0 Å². The Balaban J connectivity index is 1.48. The number of nitrogens with zero attached hydrogens (tertiary/aromatic N) is 1. The van der Waals surface area contributed by atoms with Crippen LogP contribution in [0.5, 0.6) is 0 Å². The maximum Gasteiger partial charge on any atom is 0.253 e. The molecule has 2 amide bonds. The maximum atomic E-state index is 13.0. The van der Waals surface area contributed by atoms with Gasteiger partial charge in [0.25, 0.3) is 5.91 Å². The molecule has 1 N–H and O–H groups in total. The number of piperidine rings is 1. The molecule has 1 fully saturated rings. The molecular formula is C23H27FN2O2. The summed E-state index contributed by atoms with van der Waals surface area (Å²) in [5.74, 6) is -0.138. The van der Waals surface area contributed by atoms with E-state index in [1.807, 2.05) is 18.2 Å². The summed E-state index contributed by atoms with van der Waals surface area (Å²) in [5, 5.41) is 3.10. The van der Waals surface area contributed by atoms with Crippen LogP contribution in [0.1, 0.15) is 48.0 Å². The van der Waals surface area contributed by atoms with E-state index in [0.29, 0.717) is 44.0 Å². The van der Waals surface area contributed by atoms with Gasteiger partial charge in [0.15, 0.2) is 0 Å². The molecule has 1 aliphatic heterocycles. The SMILES string of the molecule is CCC(CNC(=O)C1CCN(C(=O)c2ccc(F)cc2)CC1)c1ccccc1. The molecule has 5 heteroatoms. The van der Waals surface area contributed by atoms with Gasteiger partial charge < -0.3 is 10.2 Å². The van der Waals surface area contributed by atoms with Gasteiger partial charge in [0.1, 0.15) is 5.82 Å². The number of carbonyl (C=O) groups excluding carboxylic acids is 2. The smallest absolute Gasteiger partial charge is 0.253 e. The number of hydrogen-bond acceptors (Lipinski definition) is 2. The minimum absolute atomic E-state index is 0.0643. The molecule has 4 nitrogen and oxygen atoms in total.